The van der Waals surface area contributed by atoms with Crippen LogP contribution in [0.15, 0.2) is 18.2 Å². The predicted molar refractivity (Wildman–Crippen MR) is 85.2 cm³/mol. The van der Waals surface area contributed by atoms with Gasteiger partial charge >= 0.3 is 0 Å². The van der Waals surface area contributed by atoms with Gasteiger partial charge in [0.15, 0.2) is 0 Å². The smallest absolute Gasteiger partial charge is 0.120 e. The molecule has 0 aliphatic heterocycles. The van der Waals surface area contributed by atoms with Gasteiger partial charge in [-0.05, 0) is 50.5 Å². The van der Waals surface area contributed by atoms with Crippen LogP contribution in [0.1, 0.15) is 44.9 Å². The Balaban J connectivity index is 2.50. The summed E-state index contributed by atoms with van der Waals surface area (Å²) in [6.45, 7) is 10.2. The Kier molecular flexibility index (Phi) is 4.71. The standard InChI is InChI=1S/C17H26N2O/c1-5-9-19-13(4)16(11-18)15-10-14(7-8-17(15)19)20-12(3)6-2/h7-8,10,12H,5-6,9,11,18H2,1-4H3/t12-/m0/s1. The van der Waals surface area contributed by atoms with Gasteiger partial charge in [0, 0.05) is 29.7 Å². The predicted octanol–water partition coefficient (Wildman–Crippen LogP) is 4.00. The highest BCUT2D eigenvalue weighted by molar-refractivity contribution is 5.87. The maximum atomic E-state index is 5.95. The second-order valence-corrected chi connectivity index (χ2v) is 5.44. The van der Waals surface area contributed by atoms with Crippen molar-refractivity contribution in [2.45, 2.75) is 59.7 Å². The van der Waals surface area contributed by atoms with Crippen LogP contribution >= 0.6 is 0 Å². The fourth-order valence-electron chi connectivity index (χ4n) is 2.69. The van der Waals surface area contributed by atoms with Crippen molar-refractivity contribution in [1.82, 2.24) is 4.57 Å². The zero-order valence-corrected chi connectivity index (χ0v) is 13.1. The molecule has 2 N–H and O–H groups in total. The Hall–Kier alpha value is -1.48. The topological polar surface area (TPSA) is 40.2 Å². The van der Waals surface area contributed by atoms with Crippen molar-refractivity contribution in [2.75, 3.05) is 0 Å². The van der Waals surface area contributed by atoms with Crippen LogP contribution in [0.25, 0.3) is 10.9 Å². The van der Waals surface area contributed by atoms with Crippen molar-refractivity contribution < 1.29 is 4.74 Å². The quantitative estimate of drug-likeness (QED) is 0.865. The molecular weight excluding hydrogens is 248 g/mol. The molecule has 3 nitrogen and oxygen atoms in total. The molecule has 0 amide bonds. The minimum Gasteiger partial charge on any atom is -0.491 e. The molecule has 1 heterocycles. The van der Waals surface area contributed by atoms with Crippen LogP contribution in [0.2, 0.25) is 0 Å². The lowest BCUT2D eigenvalue weighted by molar-refractivity contribution is 0.217. The maximum absolute atomic E-state index is 5.95. The molecule has 1 aromatic carbocycles. The number of aromatic nitrogens is 1. The highest BCUT2D eigenvalue weighted by Crippen LogP contribution is 2.30. The van der Waals surface area contributed by atoms with Crippen molar-refractivity contribution in [2.24, 2.45) is 5.73 Å². The molecule has 2 aromatic rings. The molecule has 0 spiro atoms. The number of aryl methyl sites for hydroxylation is 1. The van der Waals surface area contributed by atoms with Crippen molar-refractivity contribution in [3.8, 4) is 5.75 Å². The lowest BCUT2D eigenvalue weighted by Crippen LogP contribution is -2.09. The van der Waals surface area contributed by atoms with Crippen molar-refractivity contribution in [3.05, 3.63) is 29.5 Å². The van der Waals surface area contributed by atoms with Gasteiger partial charge in [-0.25, -0.2) is 0 Å². The summed E-state index contributed by atoms with van der Waals surface area (Å²) in [5.41, 5.74) is 9.74. The normalized spacial score (nSPS) is 12.8. The Morgan fingerprint density at radius 1 is 1.30 bits per heavy atom. The Bertz CT molecular complexity index is 586. The molecule has 0 fully saturated rings. The van der Waals surface area contributed by atoms with Gasteiger partial charge in [0.25, 0.3) is 0 Å². The number of benzene rings is 1. The van der Waals surface area contributed by atoms with Gasteiger partial charge in [-0.2, -0.15) is 0 Å². The van der Waals surface area contributed by atoms with Gasteiger partial charge in [0.05, 0.1) is 6.10 Å². The van der Waals surface area contributed by atoms with E-state index in [4.69, 9.17) is 10.5 Å². The van der Waals surface area contributed by atoms with E-state index < -0.39 is 0 Å². The van der Waals surface area contributed by atoms with E-state index >= 15 is 0 Å². The molecule has 3 heteroatoms. The number of fused-ring (bicyclic) bond motifs is 1. The summed E-state index contributed by atoms with van der Waals surface area (Å²) < 4.78 is 8.30. The second-order valence-electron chi connectivity index (χ2n) is 5.44. The first-order valence-electron chi connectivity index (χ1n) is 7.60. The van der Waals surface area contributed by atoms with Gasteiger partial charge in [-0.3, -0.25) is 0 Å². The summed E-state index contributed by atoms with van der Waals surface area (Å²) in [5, 5.41) is 1.24. The van der Waals surface area contributed by atoms with E-state index in [1.807, 2.05) is 0 Å². The summed E-state index contributed by atoms with van der Waals surface area (Å²) in [5.74, 6) is 0.940. The van der Waals surface area contributed by atoms with Gasteiger partial charge < -0.3 is 15.0 Å². The van der Waals surface area contributed by atoms with Crippen LogP contribution in [0.3, 0.4) is 0 Å². The lowest BCUT2D eigenvalue weighted by atomic mass is 10.1. The molecule has 0 bridgehead atoms. The third-order valence-electron chi connectivity index (χ3n) is 3.99. The van der Waals surface area contributed by atoms with Crippen LogP contribution in [0.4, 0.5) is 0 Å². The largest absolute Gasteiger partial charge is 0.491 e. The summed E-state index contributed by atoms with van der Waals surface area (Å²) in [6, 6.07) is 6.37. The van der Waals surface area contributed by atoms with Gasteiger partial charge in [-0.15, -0.1) is 0 Å². The molecule has 0 saturated heterocycles. The van der Waals surface area contributed by atoms with E-state index in [0.717, 1.165) is 25.1 Å². The molecule has 0 unspecified atom stereocenters. The number of rotatable bonds is 6. The maximum Gasteiger partial charge on any atom is 0.120 e. The van der Waals surface area contributed by atoms with E-state index in [2.05, 4.69) is 50.5 Å². The molecule has 0 aliphatic rings. The Labute approximate surface area is 121 Å². The first kappa shape index (κ1) is 14.9. The zero-order chi connectivity index (χ0) is 14.7. The molecule has 1 atom stereocenters. The number of hydrogen-bond donors (Lipinski definition) is 1. The highest BCUT2D eigenvalue weighted by atomic mass is 16.5. The van der Waals surface area contributed by atoms with E-state index in [-0.39, 0.29) is 6.10 Å². The average Bonchev–Trinajstić information content (AvgIpc) is 2.71. The van der Waals surface area contributed by atoms with E-state index in [1.54, 1.807) is 0 Å². The van der Waals surface area contributed by atoms with Crippen LogP contribution in [0.5, 0.6) is 5.75 Å². The summed E-state index contributed by atoms with van der Waals surface area (Å²) in [4.78, 5) is 0. The first-order chi connectivity index (χ1) is 9.62. The summed E-state index contributed by atoms with van der Waals surface area (Å²) >= 11 is 0. The number of nitrogens with two attached hydrogens (primary N) is 1. The van der Waals surface area contributed by atoms with Crippen molar-refractivity contribution in [3.63, 3.8) is 0 Å². The molecule has 20 heavy (non-hydrogen) atoms. The lowest BCUT2D eigenvalue weighted by Gasteiger charge is -2.13. The number of nitrogens with zero attached hydrogens (tertiary/aromatic N) is 1. The Morgan fingerprint density at radius 2 is 2.05 bits per heavy atom. The molecular formula is C17H26N2O. The van der Waals surface area contributed by atoms with Gasteiger partial charge in [-0.1, -0.05) is 13.8 Å². The fraction of sp³-hybridized carbons (Fsp3) is 0.529. The molecule has 0 radical (unpaired) electrons. The van der Waals surface area contributed by atoms with Crippen LogP contribution in [0, 0.1) is 6.92 Å². The summed E-state index contributed by atoms with van der Waals surface area (Å²) in [7, 11) is 0. The molecule has 110 valence electrons. The van der Waals surface area contributed by atoms with Gasteiger partial charge in [0.1, 0.15) is 5.75 Å². The van der Waals surface area contributed by atoms with Crippen molar-refractivity contribution >= 4 is 10.9 Å². The molecule has 0 saturated carbocycles. The van der Waals surface area contributed by atoms with E-state index in [0.29, 0.717) is 6.54 Å². The highest BCUT2D eigenvalue weighted by Gasteiger charge is 2.13. The van der Waals surface area contributed by atoms with Crippen molar-refractivity contribution in [1.29, 1.82) is 0 Å². The Morgan fingerprint density at radius 3 is 2.65 bits per heavy atom. The fourth-order valence-corrected chi connectivity index (χ4v) is 2.69. The first-order valence-corrected chi connectivity index (χ1v) is 7.60. The summed E-state index contributed by atoms with van der Waals surface area (Å²) in [6.07, 6.45) is 2.38. The molecule has 2 rings (SSSR count). The zero-order valence-electron chi connectivity index (χ0n) is 13.1. The number of ether oxygens (including phenoxy) is 1. The monoisotopic (exact) mass is 274 g/mol. The second kappa shape index (κ2) is 6.31. The van der Waals surface area contributed by atoms with Crippen LogP contribution in [-0.2, 0) is 13.1 Å². The van der Waals surface area contributed by atoms with Gasteiger partial charge in [0.2, 0.25) is 0 Å². The minimum absolute atomic E-state index is 0.243. The van der Waals surface area contributed by atoms with Crippen LogP contribution in [-0.4, -0.2) is 10.7 Å². The average molecular weight is 274 g/mol. The molecule has 1 aromatic heterocycles. The molecule has 0 aliphatic carbocycles. The minimum atomic E-state index is 0.243. The third-order valence-corrected chi connectivity index (χ3v) is 3.99. The van der Waals surface area contributed by atoms with E-state index in [9.17, 15) is 0 Å². The van der Waals surface area contributed by atoms with E-state index in [1.165, 1.54) is 22.2 Å². The SMILES string of the molecule is CCCn1c(C)c(CN)c2cc(O[C@@H](C)CC)ccc21. The third kappa shape index (κ3) is 2.68. The van der Waals surface area contributed by atoms with Crippen LogP contribution < -0.4 is 10.5 Å². The number of hydrogen-bond acceptors (Lipinski definition) is 2.